The molecular formula is C17H14BrFO2. The summed E-state index contributed by atoms with van der Waals surface area (Å²) in [6.45, 7) is 4.01. The van der Waals surface area contributed by atoms with Crippen LogP contribution in [-0.4, -0.2) is 11.4 Å². The van der Waals surface area contributed by atoms with Crippen molar-refractivity contribution in [2.75, 3.05) is 0 Å². The number of carbonyl (C=O) groups excluding carboxylic acids is 1. The molecule has 0 bridgehead atoms. The minimum Gasteiger partial charge on any atom is -0.487 e. The number of hydrogen-bond donors (Lipinski definition) is 0. The molecule has 2 aromatic carbocycles. The highest BCUT2D eigenvalue weighted by molar-refractivity contribution is 9.10. The molecule has 2 aromatic rings. The molecule has 0 aromatic heterocycles. The molecule has 4 heteroatoms. The van der Waals surface area contributed by atoms with Crippen LogP contribution in [0.3, 0.4) is 0 Å². The molecule has 0 saturated heterocycles. The molecule has 0 amide bonds. The average Bonchev–Trinajstić information content (AvgIpc) is 2.70. The Balaban J connectivity index is 1.97. The van der Waals surface area contributed by atoms with Crippen LogP contribution in [-0.2, 0) is 6.42 Å². The molecule has 0 atom stereocenters. The first-order valence-electron chi connectivity index (χ1n) is 6.67. The molecule has 2 nitrogen and oxygen atoms in total. The van der Waals surface area contributed by atoms with E-state index in [1.165, 1.54) is 12.1 Å². The summed E-state index contributed by atoms with van der Waals surface area (Å²) in [6.07, 6.45) is 0.742. The van der Waals surface area contributed by atoms with Crippen molar-refractivity contribution in [3.8, 4) is 5.75 Å². The molecule has 0 fully saturated rings. The maximum absolute atomic E-state index is 13.9. The minimum atomic E-state index is -0.522. The fraction of sp³-hybridized carbons (Fsp3) is 0.235. The third-order valence-corrected chi connectivity index (χ3v) is 3.99. The van der Waals surface area contributed by atoms with Gasteiger partial charge in [0.05, 0.1) is 5.56 Å². The SMILES string of the molecule is CC1(C)Cc2cc(C(=O)c3ccc(Br)cc3F)ccc2O1. The lowest BCUT2D eigenvalue weighted by atomic mass is 9.97. The van der Waals surface area contributed by atoms with Gasteiger partial charge in [-0.15, -0.1) is 0 Å². The summed E-state index contributed by atoms with van der Waals surface area (Å²) >= 11 is 3.19. The zero-order valence-corrected chi connectivity index (χ0v) is 13.3. The summed E-state index contributed by atoms with van der Waals surface area (Å²) in [7, 11) is 0. The second-order valence-electron chi connectivity index (χ2n) is 5.81. The molecule has 108 valence electrons. The van der Waals surface area contributed by atoms with Crippen molar-refractivity contribution in [2.45, 2.75) is 25.9 Å². The first-order chi connectivity index (χ1) is 9.85. The van der Waals surface area contributed by atoms with Crippen LogP contribution in [0.15, 0.2) is 40.9 Å². The molecule has 0 saturated carbocycles. The van der Waals surface area contributed by atoms with Crippen LogP contribution >= 0.6 is 15.9 Å². The van der Waals surface area contributed by atoms with Gasteiger partial charge >= 0.3 is 0 Å². The van der Waals surface area contributed by atoms with Gasteiger partial charge in [0.25, 0.3) is 0 Å². The van der Waals surface area contributed by atoms with E-state index in [1.54, 1.807) is 24.3 Å². The number of ketones is 1. The van der Waals surface area contributed by atoms with Crippen molar-refractivity contribution in [3.63, 3.8) is 0 Å². The predicted octanol–water partition coefficient (Wildman–Crippen LogP) is 4.53. The highest BCUT2D eigenvalue weighted by Crippen LogP contribution is 2.35. The highest BCUT2D eigenvalue weighted by Gasteiger charge is 2.30. The van der Waals surface area contributed by atoms with Crippen molar-refractivity contribution < 1.29 is 13.9 Å². The van der Waals surface area contributed by atoms with Crippen molar-refractivity contribution in [3.05, 3.63) is 63.4 Å². The lowest BCUT2D eigenvalue weighted by molar-refractivity contribution is 0.103. The molecule has 1 aliphatic heterocycles. The average molecular weight is 349 g/mol. The summed E-state index contributed by atoms with van der Waals surface area (Å²) in [5.74, 6) is -0.0354. The Morgan fingerprint density at radius 2 is 2.00 bits per heavy atom. The topological polar surface area (TPSA) is 26.3 Å². The van der Waals surface area contributed by atoms with Gasteiger partial charge in [0, 0.05) is 16.5 Å². The standard InChI is InChI=1S/C17H14BrFO2/c1-17(2)9-11-7-10(3-6-15(11)21-17)16(20)13-5-4-12(18)8-14(13)19/h3-8H,9H2,1-2H3. The number of fused-ring (bicyclic) bond motifs is 1. The van der Waals surface area contributed by atoms with E-state index in [0.717, 1.165) is 17.7 Å². The van der Waals surface area contributed by atoms with E-state index in [2.05, 4.69) is 15.9 Å². The summed E-state index contributed by atoms with van der Waals surface area (Å²) in [6, 6.07) is 9.73. The van der Waals surface area contributed by atoms with Crippen LogP contribution in [0.5, 0.6) is 5.75 Å². The van der Waals surface area contributed by atoms with Gasteiger partial charge in [-0.1, -0.05) is 15.9 Å². The Bertz CT molecular complexity index is 738. The molecule has 0 N–H and O–H groups in total. The molecular weight excluding hydrogens is 335 g/mol. The first kappa shape index (κ1) is 14.3. The fourth-order valence-corrected chi connectivity index (χ4v) is 2.91. The van der Waals surface area contributed by atoms with E-state index >= 15 is 0 Å². The predicted molar refractivity (Wildman–Crippen MR) is 82.4 cm³/mol. The van der Waals surface area contributed by atoms with Gasteiger partial charge in [-0.3, -0.25) is 4.79 Å². The molecule has 0 radical (unpaired) electrons. The fourth-order valence-electron chi connectivity index (χ4n) is 2.58. The Labute approximate surface area is 131 Å². The maximum atomic E-state index is 13.9. The van der Waals surface area contributed by atoms with Gasteiger partial charge in [0.2, 0.25) is 0 Å². The number of halogens is 2. The number of hydrogen-bond acceptors (Lipinski definition) is 2. The number of benzene rings is 2. The zero-order valence-electron chi connectivity index (χ0n) is 11.7. The molecule has 1 aliphatic rings. The van der Waals surface area contributed by atoms with E-state index in [-0.39, 0.29) is 16.9 Å². The van der Waals surface area contributed by atoms with Gasteiger partial charge in [0.15, 0.2) is 5.78 Å². The monoisotopic (exact) mass is 348 g/mol. The van der Waals surface area contributed by atoms with Crippen LogP contribution in [0.25, 0.3) is 0 Å². The quantitative estimate of drug-likeness (QED) is 0.745. The van der Waals surface area contributed by atoms with Gasteiger partial charge in [-0.05, 0) is 55.8 Å². The summed E-state index contributed by atoms with van der Waals surface area (Å²) in [5.41, 5.74) is 1.29. The summed E-state index contributed by atoms with van der Waals surface area (Å²) in [4.78, 5) is 12.4. The van der Waals surface area contributed by atoms with E-state index in [0.29, 0.717) is 10.0 Å². The normalized spacial score (nSPS) is 15.4. The Morgan fingerprint density at radius 3 is 2.71 bits per heavy atom. The zero-order chi connectivity index (χ0) is 15.2. The number of rotatable bonds is 2. The number of ether oxygens (including phenoxy) is 1. The van der Waals surface area contributed by atoms with Crippen molar-refractivity contribution in [1.29, 1.82) is 0 Å². The lowest BCUT2D eigenvalue weighted by Crippen LogP contribution is -2.24. The highest BCUT2D eigenvalue weighted by atomic mass is 79.9. The third kappa shape index (κ3) is 2.72. The van der Waals surface area contributed by atoms with Gasteiger partial charge in [-0.2, -0.15) is 0 Å². The Hall–Kier alpha value is -1.68. The molecule has 0 aliphatic carbocycles. The lowest BCUT2D eigenvalue weighted by Gasteiger charge is -2.16. The van der Waals surface area contributed by atoms with E-state index < -0.39 is 5.82 Å². The van der Waals surface area contributed by atoms with Crippen LogP contribution < -0.4 is 4.74 Å². The van der Waals surface area contributed by atoms with Crippen molar-refractivity contribution >= 4 is 21.7 Å². The van der Waals surface area contributed by atoms with E-state index in [9.17, 15) is 9.18 Å². The van der Waals surface area contributed by atoms with Crippen LogP contribution in [0, 0.1) is 5.82 Å². The van der Waals surface area contributed by atoms with E-state index in [4.69, 9.17) is 4.74 Å². The van der Waals surface area contributed by atoms with Gasteiger partial charge in [-0.25, -0.2) is 4.39 Å². The van der Waals surface area contributed by atoms with Crippen molar-refractivity contribution in [1.82, 2.24) is 0 Å². The molecule has 21 heavy (non-hydrogen) atoms. The molecule has 0 unspecified atom stereocenters. The molecule has 0 spiro atoms. The van der Waals surface area contributed by atoms with Gasteiger partial charge in [0.1, 0.15) is 17.2 Å². The summed E-state index contributed by atoms with van der Waals surface area (Å²) in [5, 5.41) is 0. The maximum Gasteiger partial charge on any atom is 0.195 e. The molecule has 3 rings (SSSR count). The molecule has 1 heterocycles. The Morgan fingerprint density at radius 1 is 1.24 bits per heavy atom. The second kappa shape index (κ2) is 4.95. The smallest absolute Gasteiger partial charge is 0.195 e. The summed E-state index contributed by atoms with van der Waals surface area (Å²) < 4.78 is 20.3. The van der Waals surface area contributed by atoms with Crippen LogP contribution in [0.1, 0.15) is 35.3 Å². The number of carbonyl (C=O) groups is 1. The van der Waals surface area contributed by atoms with Gasteiger partial charge < -0.3 is 4.74 Å². The second-order valence-corrected chi connectivity index (χ2v) is 6.73. The minimum absolute atomic E-state index is 0.0799. The van der Waals surface area contributed by atoms with Crippen LogP contribution in [0.2, 0.25) is 0 Å². The van der Waals surface area contributed by atoms with Crippen molar-refractivity contribution in [2.24, 2.45) is 0 Å². The largest absolute Gasteiger partial charge is 0.487 e. The third-order valence-electron chi connectivity index (χ3n) is 3.50. The van der Waals surface area contributed by atoms with Crippen LogP contribution in [0.4, 0.5) is 4.39 Å². The Kier molecular flexibility index (Phi) is 3.36. The van der Waals surface area contributed by atoms with E-state index in [1.807, 2.05) is 13.8 Å². The first-order valence-corrected chi connectivity index (χ1v) is 7.47.